The maximum Gasteiger partial charge on any atom is 0.239 e. The minimum Gasteiger partial charge on any atom is -0.358 e. The van der Waals surface area contributed by atoms with E-state index in [2.05, 4.69) is 40.5 Å². The van der Waals surface area contributed by atoms with Gasteiger partial charge in [0.25, 0.3) is 0 Å². The van der Waals surface area contributed by atoms with Crippen LogP contribution in [0.15, 0.2) is 30.3 Å². The Morgan fingerprint density at radius 3 is 2.48 bits per heavy atom. The zero-order valence-electron chi connectivity index (χ0n) is 14.1. The normalized spacial score (nSPS) is 28.3. The topological polar surface area (TPSA) is 58.4 Å². The Labute approximate surface area is 139 Å². The zero-order chi connectivity index (χ0) is 16.3. The largest absolute Gasteiger partial charge is 0.358 e. The van der Waals surface area contributed by atoms with Crippen LogP contribution < -0.4 is 11.1 Å². The number of nitrogens with one attached hydrogen (secondary N) is 1. The molecule has 3 N–H and O–H groups in total. The first-order valence-electron chi connectivity index (χ1n) is 8.94. The highest BCUT2D eigenvalue weighted by atomic mass is 16.2. The number of carbonyl (C=O) groups is 1. The fraction of sp³-hybridized carbons (Fsp3) is 0.632. The fourth-order valence-corrected chi connectivity index (χ4v) is 4.37. The molecule has 4 nitrogen and oxygen atoms in total. The molecule has 1 saturated carbocycles. The van der Waals surface area contributed by atoms with Crippen LogP contribution in [0.1, 0.15) is 50.0 Å². The Kier molecular flexibility index (Phi) is 5.02. The van der Waals surface area contributed by atoms with Gasteiger partial charge in [-0.3, -0.25) is 9.69 Å². The van der Waals surface area contributed by atoms with E-state index < -0.39 is 5.54 Å². The van der Waals surface area contributed by atoms with Gasteiger partial charge in [0.15, 0.2) is 0 Å². The van der Waals surface area contributed by atoms with Gasteiger partial charge in [0.2, 0.25) is 5.91 Å². The van der Waals surface area contributed by atoms with E-state index >= 15 is 0 Å². The number of hydrogen-bond donors (Lipinski definition) is 2. The average molecular weight is 315 g/mol. The molecule has 1 heterocycles. The number of likely N-dealkylation sites (N-methyl/N-ethyl adjacent to an activating group) is 1. The lowest BCUT2D eigenvalue weighted by Crippen LogP contribution is -2.60. The lowest BCUT2D eigenvalue weighted by atomic mass is 9.77. The number of nitrogens with two attached hydrogens (primary N) is 1. The van der Waals surface area contributed by atoms with Crippen molar-refractivity contribution in [2.24, 2.45) is 5.73 Å². The summed E-state index contributed by atoms with van der Waals surface area (Å²) in [6.45, 7) is 1.86. The molecule has 1 aliphatic carbocycles. The molecule has 0 radical (unpaired) electrons. The van der Waals surface area contributed by atoms with Crippen molar-refractivity contribution in [2.45, 2.75) is 56.0 Å². The molecule has 1 saturated heterocycles. The van der Waals surface area contributed by atoms with Gasteiger partial charge >= 0.3 is 0 Å². The number of piperidine rings is 1. The van der Waals surface area contributed by atoms with Crippen LogP contribution in [-0.4, -0.2) is 42.5 Å². The minimum atomic E-state index is -0.678. The third kappa shape index (κ3) is 3.43. The third-order valence-corrected chi connectivity index (χ3v) is 5.80. The van der Waals surface area contributed by atoms with Crippen LogP contribution in [0.2, 0.25) is 0 Å². The molecule has 126 valence electrons. The number of benzene rings is 1. The molecule has 2 atom stereocenters. The van der Waals surface area contributed by atoms with E-state index in [1.165, 1.54) is 31.2 Å². The average Bonchev–Trinajstić information content (AvgIpc) is 2.62. The van der Waals surface area contributed by atoms with Gasteiger partial charge < -0.3 is 11.1 Å². The molecule has 1 aromatic rings. The van der Waals surface area contributed by atoms with Crippen molar-refractivity contribution in [3.05, 3.63) is 35.9 Å². The summed E-state index contributed by atoms with van der Waals surface area (Å²) >= 11 is 0. The predicted molar refractivity (Wildman–Crippen MR) is 93.2 cm³/mol. The van der Waals surface area contributed by atoms with Crippen molar-refractivity contribution in [3.8, 4) is 0 Å². The molecule has 1 aromatic carbocycles. The monoisotopic (exact) mass is 315 g/mol. The molecule has 23 heavy (non-hydrogen) atoms. The molecule has 1 amide bonds. The first-order valence-corrected chi connectivity index (χ1v) is 8.94. The Morgan fingerprint density at radius 1 is 1.17 bits per heavy atom. The van der Waals surface area contributed by atoms with Crippen LogP contribution in [0.4, 0.5) is 0 Å². The number of rotatable bonds is 3. The van der Waals surface area contributed by atoms with Crippen LogP contribution in [0, 0.1) is 0 Å². The van der Waals surface area contributed by atoms with Gasteiger partial charge in [-0.05, 0) is 37.2 Å². The molecule has 2 aliphatic rings. The predicted octanol–water partition coefficient (Wildman–Crippen LogP) is 2.25. The second-order valence-electron chi connectivity index (χ2n) is 7.14. The van der Waals surface area contributed by atoms with Crippen LogP contribution in [0.25, 0.3) is 0 Å². The SMILES string of the molecule is CNC(=O)C1(N)CCN(C2CCCC[C@H]2c2ccccc2)CC1. The first kappa shape index (κ1) is 16.5. The summed E-state index contributed by atoms with van der Waals surface area (Å²) in [7, 11) is 1.68. The summed E-state index contributed by atoms with van der Waals surface area (Å²) in [6, 6.07) is 11.5. The van der Waals surface area contributed by atoms with Crippen molar-refractivity contribution in [1.82, 2.24) is 10.2 Å². The summed E-state index contributed by atoms with van der Waals surface area (Å²) < 4.78 is 0. The van der Waals surface area contributed by atoms with Gasteiger partial charge in [-0.15, -0.1) is 0 Å². The van der Waals surface area contributed by atoms with Crippen molar-refractivity contribution in [2.75, 3.05) is 20.1 Å². The van der Waals surface area contributed by atoms with Gasteiger partial charge in [-0.25, -0.2) is 0 Å². The van der Waals surface area contributed by atoms with Crippen LogP contribution >= 0.6 is 0 Å². The summed E-state index contributed by atoms with van der Waals surface area (Å²) in [5.41, 5.74) is 7.10. The highest BCUT2D eigenvalue weighted by Gasteiger charge is 2.40. The van der Waals surface area contributed by atoms with Gasteiger partial charge in [0.05, 0.1) is 5.54 Å². The van der Waals surface area contributed by atoms with Crippen molar-refractivity contribution in [3.63, 3.8) is 0 Å². The number of hydrogen-bond acceptors (Lipinski definition) is 3. The molecule has 1 aliphatic heterocycles. The van der Waals surface area contributed by atoms with E-state index in [-0.39, 0.29) is 5.91 Å². The number of carbonyl (C=O) groups excluding carboxylic acids is 1. The lowest BCUT2D eigenvalue weighted by Gasteiger charge is -2.45. The second-order valence-corrected chi connectivity index (χ2v) is 7.14. The summed E-state index contributed by atoms with van der Waals surface area (Å²) in [5, 5.41) is 2.72. The van der Waals surface area contributed by atoms with E-state index in [1.807, 2.05) is 0 Å². The summed E-state index contributed by atoms with van der Waals surface area (Å²) in [4.78, 5) is 14.6. The molecule has 2 fully saturated rings. The molecule has 1 unspecified atom stereocenters. The van der Waals surface area contributed by atoms with Crippen LogP contribution in [0.5, 0.6) is 0 Å². The Hall–Kier alpha value is -1.39. The molecular formula is C19H29N3O. The second kappa shape index (κ2) is 7.02. The van der Waals surface area contributed by atoms with Gasteiger partial charge in [-0.1, -0.05) is 43.2 Å². The number of nitrogens with zero attached hydrogens (tertiary/aromatic N) is 1. The van der Waals surface area contributed by atoms with E-state index in [9.17, 15) is 4.79 Å². The quantitative estimate of drug-likeness (QED) is 0.899. The minimum absolute atomic E-state index is 0.0135. The van der Waals surface area contributed by atoms with Crippen molar-refractivity contribution in [1.29, 1.82) is 0 Å². The highest BCUT2D eigenvalue weighted by Crippen LogP contribution is 2.37. The Morgan fingerprint density at radius 2 is 1.83 bits per heavy atom. The molecule has 0 aromatic heterocycles. The van der Waals surface area contributed by atoms with Crippen molar-refractivity contribution < 1.29 is 4.79 Å². The third-order valence-electron chi connectivity index (χ3n) is 5.80. The van der Waals surface area contributed by atoms with Gasteiger partial charge in [0.1, 0.15) is 0 Å². The molecule has 3 rings (SSSR count). The maximum absolute atomic E-state index is 12.0. The smallest absolute Gasteiger partial charge is 0.239 e. The summed E-state index contributed by atoms with van der Waals surface area (Å²) in [5.74, 6) is 0.607. The Balaban J connectivity index is 1.70. The summed E-state index contributed by atoms with van der Waals surface area (Å²) in [6.07, 6.45) is 6.68. The standard InChI is InChI=1S/C19H29N3O/c1-21-18(23)19(20)11-13-22(14-12-19)17-10-6-5-9-16(17)15-7-3-2-4-8-15/h2-4,7-8,16-17H,5-6,9-14,20H2,1H3,(H,21,23)/t16-,17?/m0/s1. The van der Waals surface area contributed by atoms with E-state index in [4.69, 9.17) is 5.73 Å². The van der Waals surface area contributed by atoms with Gasteiger partial charge in [0, 0.05) is 26.2 Å². The zero-order valence-corrected chi connectivity index (χ0v) is 14.1. The van der Waals surface area contributed by atoms with Crippen molar-refractivity contribution >= 4 is 5.91 Å². The van der Waals surface area contributed by atoms with E-state index in [0.29, 0.717) is 12.0 Å². The van der Waals surface area contributed by atoms with Gasteiger partial charge in [-0.2, -0.15) is 0 Å². The first-order chi connectivity index (χ1) is 11.1. The molecule has 0 spiro atoms. The fourth-order valence-electron chi connectivity index (χ4n) is 4.37. The van der Waals surface area contributed by atoms with Crippen LogP contribution in [-0.2, 0) is 4.79 Å². The highest BCUT2D eigenvalue weighted by molar-refractivity contribution is 5.85. The Bertz CT molecular complexity index is 523. The molecular weight excluding hydrogens is 286 g/mol. The molecule has 4 heteroatoms. The van der Waals surface area contributed by atoms with E-state index in [1.54, 1.807) is 7.05 Å². The lowest BCUT2D eigenvalue weighted by molar-refractivity contribution is -0.127. The van der Waals surface area contributed by atoms with Crippen LogP contribution in [0.3, 0.4) is 0 Å². The number of amides is 1. The maximum atomic E-state index is 12.0. The molecule has 0 bridgehead atoms. The van der Waals surface area contributed by atoms with E-state index in [0.717, 1.165) is 25.9 Å². The number of likely N-dealkylation sites (tertiary alicyclic amines) is 1.